The van der Waals surface area contributed by atoms with Crippen LogP contribution >= 0.6 is 0 Å². The molecule has 0 spiro atoms. The van der Waals surface area contributed by atoms with Crippen LogP contribution < -0.4 is 0 Å². The van der Waals surface area contributed by atoms with E-state index in [2.05, 4.69) is 0 Å². The SMILES string of the molecule is CC(O)[C@H]1C(=O)N2[C@@H]1S(=O)C(C)(C)[C@@H]2C(=O)OC(c1ccccc1)c1ccccc1. The number of carbonyl (C=O) groups excluding carboxylic acids is 2. The van der Waals surface area contributed by atoms with Crippen molar-refractivity contribution in [3.05, 3.63) is 71.8 Å². The summed E-state index contributed by atoms with van der Waals surface area (Å²) in [6.07, 6.45) is -1.57. The van der Waals surface area contributed by atoms with Crippen LogP contribution in [0.15, 0.2) is 60.7 Å². The first-order valence-corrected chi connectivity index (χ1v) is 11.2. The van der Waals surface area contributed by atoms with E-state index in [1.54, 1.807) is 13.8 Å². The predicted octanol–water partition coefficient (Wildman–Crippen LogP) is 2.39. The third kappa shape index (κ3) is 3.17. The highest BCUT2D eigenvalue weighted by Crippen LogP contribution is 2.48. The summed E-state index contributed by atoms with van der Waals surface area (Å²) in [6, 6.07) is 17.8. The van der Waals surface area contributed by atoms with Gasteiger partial charge in [-0.15, -0.1) is 0 Å². The van der Waals surface area contributed by atoms with Gasteiger partial charge in [-0.1, -0.05) is 60.7 Å². The smallest absolute Gasteiger partial charge is 0.331 e. The average molecular weight is 428 g/mol. The Morgan fingerprint density at radius 1 is 1.07 bits per heavy atom. The second-order valence-electron chi connectivity index (χ2n) is 8.34. The first-order chi connectivity index (χ1) is 14.2. The van der Waals surface area contributed by atoms with E-state index < -0.39 is 51.1 Å². The molecule has 2 aliphatic heterocycles. The van der Waals surface area contributed by atoms with Crippen molar-refractivity contribution < 1.29 is 23.6 Å². The third-order valence-electron chi connectivity index (χ3n) is 5.98. The van der Waals surface area contributed by atoms with Crippen molar-refractivity contribution in [3.63, 3.8) is 0 Å². The number of hydrogen-bond acceptors (Lipinski definition) is 5. The summed E-state index contributed by atoms with van der Waals surface area (Å²) in [5, 5.41) is 9.28. The maximum atomic E-state index is 13.4. The minimum atomic E-state index is -1.50. The number of aliphatic hydroxyl groups is 1. The monoisotopic (exact) mass is 427 g/mol. The molecule has 2 aliphatic rings. The molecule has 2 aromatic rings. The van der Waals surface area contributed by atoms with Gasteiger partial charge in [0.15, 0.2) is 6.10 Å². The number of nitrogens with zero attached hydrogens (tertiary/aromatic N) is 1. The molecule has 2 saturated heterocycles. The molecule has 2 heterocycles. The fourth-order valence-corrected chi connectivity index (χ4v) is 6.48. The van der Waals surface area contributed by atoms with E-state index in [0.29, 0.717) is 0 Å². The molecule has 0 bridgehead atoms. The van der Waals surface area contributed by atoms with Crippen molar-refractivity contribution in [2.75, 3.05) is 0 Å². The average Bonchev–Trinajstić information content (AvgIpc) is 2.90. The molecule has 0 aromatic heterocycles. The van der Waals surface area contributed by atoms with Crippen molar-refractivity contribution in [1.82, 2.24) is 4.90 Å². The summed E-state index contributed by atoms with van der Waals surface area (Å²) in [5.41, 5.74) is 1.62. The zero-order valence-electron chi connectivity index (χ0n) is 17.1. The van der Waals surface area contributed by atoms with Gasteiger partial charge in [0.05, 0.1) is 27.6 Å². The molecule has 2 fully saturated rings. The summed E-state index contributed by atoms with van der Waals surface area (Å²) >= 11 is 0. The maximum absolute atomic E-state index is 13.4. The summed E-state index contributed by atoms with van der Waals surface area (Å²) < 4.78 is 18.1. The van der Waals surface area contributed by atoms with Crippen molar-refractivity contribution in [2.45, 2.75) is 49.1 Å². The minimum absolute atomic E-state index is 0.355. The van der Waals surface area contributed by atoms with E-state index in [4.69, 9.17) is 4.74 Å². The van der Waals surface area contributed by atoms with Gasteiger partial charge in [-0.05, 0) is 31.9 Å². The number of rotatable bonds is 5. The topological polar surface area (TPSA) is 83.9 Å². The minimum Gasteiger partial charge on any atom is -0.451 e. The summed E-state index contributed by atoms with van der Waals surface area (Å²) in [7, 11) is -1.50. The Balaban J connectivity index is 1.66. The molecule has 1 N–H and O–H groups in total. The van der Waals surface area contributed by atoms with Gasteiger partial charge in [0.1, 0.15) is 11.4 Å². The van der Waals surface area contributed by atoms with E-state index >= 15 is 0 Å². The van der Waals surface area contributed by atoms with Gasteiger partial charge in [0.2, 0.25) is 5.91 Å². The van der Waals surface area contributed by atoms with E-state index in [0.717, 1.165) is 11.1 Å². The zero-order valence-corrected chi connectivity index (χ0v) is 17.9. The van der Waals surface area contributed by atoms with E-state index in [1.165, 1.54) is 11.8 Å². The van der Waals surface area contributed by atoms with Gasteiger partial charge in [-0.3, -0.25) is 9.00 Å². The van der Waals surface area contributed by atoms with Crippen LogP contribution in [0.25, 0.3) is 0 Å². The molecule has 0 aliphatic carbocycles. The number of carbonyl (C=O) groups is 2. The second kappa shape index (κ2) is 7.63. The standard InChI is InChI=1S/C23H25NO5S/c1-14(25)17-20(26)24-19(23(2,3)30(28)21(17)24)22(27)29-18(15-10-6-4-7-11-15)16-12-8-5-9-13-16/h4-14,17-19,21,25H,1-3H3/t14?,17-,19-,21+,30?/m0/s1. The first-order valence-electron chi connectivity index (χ1n) is 9.96. The van der Waals surface area contributed by atoms with Crippen LogP contribution in [0.2, 0.25) is 0 Å². The summed E-state index contributed by atoms with van der Waals surface area (Å²) in [6.45, 7) is 4.93. The largest absolute Gasteiger partial charge is 0.451 e. The Morgan fingerprint density at radius 2 is 1.57 bits per heavy atom. The van der Waals surface area contributed by atoms with Gasteiger partial charge in [-0.25, -0.2) is 4.79 Å². The van der Waals surface area contributed by atoms with Crippen LogP contribution in [0.3, 0.4) is 0 Å². The van der Waals surface area contributed by atoms with Gasteiger partial charge >= 0.3 is 5.97 Å². The second-order valence-corrected chi connectivity index (χ2v) is 10.5. The zero-order chi connectivity index (χ0) is 21.6. The number of β-lactam (4-membered cyclic amide) rings is 1. The number of aliphatic hydroxyl groups excluding tert-OH is 1. The lowest BCUT2D eigenvalue weighted by Gasteiger charge is -2.44. The Labute approximate surface area is 178 Å². The highest BCUT2D eigenvalue weighted by Gasteiger charge is 2.69. The maximum Gasteiger partial charge on any atom is 0.331 e. The van der Waals surface area contributed by atoms with Crippen LogP contribution in [-0.2, 0) is 25.1 Å². The highest BCUT2D eigenvalue weighted by atomic mass is 32.2. The van der Waals surface area contributed by atoms with E-state index in [1.807, 2.05) is 60.7 Å². The lowest BCUT2D eigenvalue weighted by atomic mass is 9.88. The van der Waals surface area contributed by atoms with Gasteiger partial charge < -0.3 is 14.7 Å². The van der Waals surface area contributed by atoms with Crippen LogP contribution in [0.5, 0.6) is 0 Å². The molecular weight excluding hydrogens is 402 g/mol. The van der Waals surface area contributed by atoms with Crippen LogP contribution in [0.4, 0.5) is 0 Å². The number of hydrogen-bond donors (Lipinski definition) is 1. The Hall–Kier alpha value is -2.51. The molecule has 7 heteroatoms. The van der Waals surface area contributed by atoms with Crippen LogP contribution in [0, 0.1) is 5.92 Å². The van der Waals surface area contributed by atoms with Crippen LogP contribution in [0.1, 0.15) is 38.0 Å². The molecule has 5 atom stereocenters. The summed E-state index contributed by atoms with van der Waals surface area (Å²) in [4.78, 5) is 27.4. The van der Waals surface area contributed by atoms with Gasteiger partial charge in [0, 0.05) is 0 Å². The van der Waals surface area contributed by atoms with E-state index in [-0.39, 0.29) is 5.91 Å². The van der Waals surface area contributed by atoms with E-state index in [9.17, 15) is 18.9 Å². The highest BCUT2D eigenvalue weighted by molar-refractivity contribution is 7.87. The van der Waals surface area contributed by atoms with Crippen molar-refractivity contribution in [1.29, 1.82) is 0 Å². The Kier molecular flexibility index (Phi) is 5.28. The van der Waals surface area contributed by atoms with Crippen molar-refractivity contribution >= 4 is 22.7 Å². The molecule has 6 nitrogen and oxygen atoms in total. The number of benzene rings is 2. The molecule has 30 heavy (non-hydrogen) atoms. The number of esters is 1. The van der Waals surface area contributed by atoms with Crippen LogP contribution in [-0.4, -0.2) is 48.4 Å². The lowest BCUT2D eigenvalue weighted by molar-refractivity contribution is -0.172. The first kappa shape index (κ1) is 20.8. The number of amides is 1. The molecule has 2 aromatic carbocycles. The molecular formula is C23H25NO5S. The fourth-order valence-electron chi connectivity index (χ4n) is 4.38. The number of fused-ring (bicyclic) bond motifs is 1. The van der Waals surface area contributed by atoms with Crippen molar-refractivity contribution in [3.8, 4) is 0 Å². The Bertz CT molecular complexity index is 936. The third-order valence-corrected chi connectivity index (χ3v) is 8.20. The number of ether oxygens (including phenoxy) is 1. The molecule has 0 radical (unpaired) electrons. The quantitative estimate of drug-likeness (QED) is 0.585. The lowest BCUT2D eigenvalue weighted by Crippen LogP contribution is -2.66. The molecule has 0 saturated carbocycles. The molecule has 1 amide bonds. The fraction of sp³-hybridized carbons (Fsp3) is 0.391. The summed E-state index contributed by atoms with van der Waals surface area (Å²) in [5.74, 6) is -1.69. The Morgan fingerprint density at radius 3 is 2.03 bits per heavy atom. The van der Waals surface area contributed by atoms with Gasteiger partial charge in [0.25, 0.3) is 0 Å². The van der Waals surface area contributed by atoms with Crippen molar-refractivity contribution in [2.24, 2.45) is 5.92 Å². The molecule has 2 unspecified atom stereocenters. The molecule has 158 valence electrons. The van der Waals surface area contributed by atoms with Gasteiger partial charge in [-0.2, -0.15) is 0 Å². The predicted molar refractivity (Wildman–Crippen MR) is 113 cm³/mol. The normalized spacial score (nSPS) is 28.0. The molecule has 4 rings (SSSR count).